The monoisotopic (exact) mass is 399 g/mol. The van der Waals surface area contributed by atoms with Crippen LogP contribution < -0.4 is 25.2 Å². The highest BCUT2D eigenvalue weighted by Crippen LogP contribution is 2.39. The minimum atomic E-state index is -0.333. The summed E-state index contributed by atoms with van der Waals surface area (Å²) in [5.74, 6) is 0.963. The maximum absolute atomic E-state index is 12.8. The van der Waals surface area contributed by atoms with Crippen LogP contribution in [0.2, 0.25) is 0 Å². The Morgan fingerprint density at radius 2 is 1.55 bits per heavy atom. The van der Waals surface area contributed by atoms with Gasteiger partial charge in [-0.3, -0.25) is 13.9 Å². The van der Waals surface area contributed by atoms with E-state index in [0.29, 0.717) is 29.5 Å². The van der Waals surface area contributed by atoms with Crippen LogP contribution in [0.15, 0.2) is 41.2 Å². The SMILES string of the molecule is CCCn1c(=O)n(CC(=O)Nc2cc(OC)c(OC)c(OC)c2)c2ccccc21. The van der Waals surface area contributed by atoms with Gasteiger partial charge < -0.3 is 19.5 Å². The molecule has 0 atom stereocenters. The number of carbonyl (C=O) groups is 1. The molecule has 2 aromatic carbocycles. The summed E-state index contributed by atoms with van der Waals surface area (Å²) in [5, 5.41) is 2.80. The second-order valence-electron chi connectivity index (χ2n) is 6.47. The Kier molecular flexibility index (Phi) is 6.11. The van der Waals surface area contributed by atoms with E-state index in [1.54, 1.807) is 16.7 Å². The van der Waals surface area contributed by atoms with Crippen LogP contribution in [-0.4, -0.2) is 36.4 Å². The van der Waals surface area contributed by atoms with Gasteiger partial charge in [0, 0.05) is 24.4 Å². The maximum atomic E-state index is 12.8. The van der Waals surface area contributed by atoms with Crippen molar-refractivity contribution in [1.29, 1.82) is 0 Å². The lowest BCUT2D eigenvalue weighted by Crippen LogP contribution is -2.29. The Morgan fingerprint density at radius 1 is 0.966 bits per heavy atom. The number of nitrogens with one attached hydrogen (secondary N) is 1. The van der Waals surface area contributed by atoms with Crippen molar-refractivity contribution < 1.29 is 19.0 Å². The maximum Gasteiger partial charge on any atom is 0.329 e. The van der Waals surface area contributed by atoms with Gasteiger partial charge in [-0.15, -0.1) is 0 Å². The van der Waals surface area contributed by atoms with Crippen LogP contribution in [0.25, 0.3) is 11.0 Å². The first-order valence-electron chi connectivity index (χ1n) is 9.31. The lowest BCUT2D eigenvalue weighted by Gasteiger charge is -2.14. The summed E-state index contributed by atoms with van der Waals surface area (Å²) in [4.78, 5) is 25.5. The van der Waals surface area contributed by atoms with Crippen molar-refractivity contribution in [1.82, 2.24) is 9.13 Å². The summed E-state index contributed by atoms with van der Waals surface area (Å²) >= 11 is 0. The van der Waals surface area contributed by atoms with Crippen molar-refractivity contribution in [2.75, 3.05) is 26.6 Å². The Balaban J connectivity index is 1.91. The van der Waals surface area contributed by atoms with Gasteiger partial charge in [-0.2, -0.15) is 0 Å². The van der Waals surface area contributed by atoms with Crippen molar-refractivity contribution in [2.24, 2.45) is 0 Å². The zero-order chi connectivity index (χ0) is 21.0. The molecule has 1 amide bonds. The van der Waals surface area contributed by atoms with Crippen LogP contribution in [0.3, 0.4) is 0 Å². The van der Waals surface area contributed by atoms with Gasteiger partial charge in [-0.25, -0.2) is 4.79 Å². The van der Waals surface area contributed by atoms with Gasteiger partial charge in [-0.05, 0) is 18.6 Å². The van der Waals surface area contributed by atoms with E-state index in [9.17, 15) is 9.59 Å². The minimum absolute atomic E-state index is 0.104. The van der Waals surface area contributed by atoms with Gasteiger partial charge in [0.15, 0.2) is 11.5 Å². The van der Waals surface area contributed by atoms with E-state index in [-0.39, 0.29) is 18.1 Å². The highest BCUT2D eigenvalue weighted by molar-refractivity contribution is 5.92. The lowest BCUT2D eigenvalue weighted by atomic mass is 10.2. The number of imidazole rings is 1. The van der Waals surface area contributed by atoms with Gasteiger partial charge in [0.25, 0.3) is 0 Å². The third-order valence-corrected chi connectivity index (χ3v) is 4.62. The summed E-state index contributed by atoms with van der Waals surface area (Å²) in [6.45, 7) is 2.50. The third-order valence-electron chi connectivity index (χ3n) is 4.62. The summed E-state index contributed by atoms with van der Waals surface area (Å²) in [5.41, 5.74) is 1.83. The molecule has 0 bridgehead atoms. The van der Waals surface area contributed by atoms with E-state index < -0.39 is 0 Å². The molecular weight excluding hydrogens is 374 g/mol. The van der Waals surface area contributed by atoms with Gasteiger partial charge >= 0.3 is 5.69 Å². The molecule has 154 valence electrons. The number of hydrogen-bond donors (Lipinski definition) is 1. The highest BCUT2D eigenvalue weighted by Gasteiger charge is 2.17. The fourth-order valence-electron chi connectivity index (χ4n) is 3.36. The largest absolute Gasteiger partial charge is 0.493 e. The number of nitrogens with zero attached hydrogens (tertiary/aromatic N) is 2. The number of methoxy groups -OCH3 is 3. The Bertz CT molecular complexity index is 1060. The fraction of sp³-hybridized carbons (Fsp3) is 0.333. The zero-order valence-corrected chi connectivity index (χ0v) is 17.0. The van der Waals surface area contributed by atoms with Crippen molar-refractivity contribution in [3.63, 3.8) is 0 Å². The normalized spacial score (nSPS) is 10.8. The van der Waals surface area contributed by atoms with Gasteiger partial charge in [0.2, 0.25) is 11.7 Å². The number of ether oxygens (including phenoxy) is 3. The molecule has 3 rings (SSSR count). The lowest BCUT2D eigenvalue weighted by molar-refractivity contribution is -0.116. The van der Waals surface area contributed by atoms with Gasteiger partial charge in [0.1, 0.15) is 6.54 Å². The van der Waals surface area contributed by atoms with E-state index in [0.717, 1.165) is 17.5 Å². The fourth-order valence-corrected chi connectivity index (χ4v) is 3.36. The Morgan fingerprint density at radius 3 is 2.07 bits per heavy atom. The molecule has 0 unspecified atom stereocenters. The molecular formula is C21H25N3O5. The van der Waals surface area contributed by atoms with Gasteiger partial charge in [0.05, 0.1) is 32.4 Å². The second-order valence-corrected chi connectivity index (χ2v) is 6.47. The van der Waals surface area contributed by atoms with Crippen LogP contribution in [-0.2, 0) is 17.9 Å². The van der Waals surface area contributed by atoms with E-state index >= 15 is 0 Å². The molecule has 29 heavy (non-hydrogen) atoms. The number of carbonyl (C=O) groups excluding carboxylic acids is 1. The predicted octanol–water partition coefficient (Wildman–Crippen LogP) is 2.88. The molecule has 8 nitrogen and oxygen atoms in total. The van der Waals surface area contributed by atoms with Crippen LogP contribution >= 0.6 is 0 Å². The molecule has 3 aromatic rings. The van der Waals surface area contributed by atoms with E-state index in [2.05, 4.69) is 5.32 Å². The molecule has 1 heterocycles. The quantitative estimate of drug-likeness (QED) is 0.630. The number of hydrogen-bond acceptors (Lipinski definition) is 5. The van der Waals surface area contributed by atoms with E-state index in [4.69, 9.17) is 14.2 Å². The van der Waals surface area contributed by atoms with Crippen molar-refractivity contribution in [3.05, 3.63) is 46.9 Å². The third kappa shape index (κ3) is 3.91. The summed E-state index contributed by atoms with van der Waals surface area (Å²) < 4.78 is 19.1. The first-order valence-corrected chi connectivity index (χ1v) is 9.31. The van der Waals surface area contributed by atoms with Crippen molar-refractivity contribution in [3.8, 4) is 17.2 Å². The first-order chi connectivity index (χ1) is 14.0. The highest BCUT2D eigenvalue weighted by atomic mass is 16.5. The summed E-state index contributed by atoms with van der Waals surface area (Å²) in [6.07, 6.45) is 0.825. The number of benzene rings is 2. The van der Waals surface area contributed by atoms with Crippen molar-refractivity contribution >= 4 is 22.6 Å². The molecule has 0 saturated carbocycles. The van der Waals surface area contributed by atoms with Crippen LogP contribution in [0, 0.1) is 0 Å². The van der Waals surface area contributed by atoms with Crippen LogP contribution in [0.5, 0.6) is 17.2 Å². The molecule has 1 aromatic heterocycles. The number of amides is 1. The number of para-hydroxylation sites is 2. The van der Waals surface area contributed by atoms with Gasteiger partial charge in [-0.1, -0.05) is 19.1 Å². The van der Waals surface area contributed by atoms with Crippen LogP contribution in [0.4, 0.5) is 5.69 Å². The molecule has 0 aliphatic rings. The topological polar surface area (TPSA) is 83.7 Å². The Labute approximate surface area is 168 Å². The summed E-state index contributed by atoms with van der Waals surface area (Å²) in [6, 6.07) is 10.8. The van der Waals surface area contributed by atoms with Crippen molar-refractivity contribution in [2.45, 2.75) is 26.4 Å². The molecule has 0 fully saturated rings. The van der Waals surface area contributed by atoms with E-state index in [1.807, 2.05) is 31.2 Å². The minimum Gasteiger partial charge on any atom is -0.493 e. The standard InChI is InChI=1S/C21H25N3O5/c1-5-10-23-15-8-6-7-9-16(15)24(21(23)26)13-19(25)22-14-11-17(27-2)20(29-4)18(12-14)28-3/h6-9,11-12H,5,10,13H2,1-4H3,(H,22,25). The number of aromatic nitrogens is 2. The molecule has 0 saturated heterocycles. The average Bonchev–Trinajstić information content (AvgIpc) is 2.99. The molecule has 0 spiro atoms. The number of rotatable bonds is 8. The first kappa shape index (κ1) is 20.3. The second kappa shape index (κ2) is 8.72. The Hall–Kier alpha value is -3.42. The summed E-state index contributed by atoms with van der Waals surface area (Å²) in [7, 11) is 4.52. The average molecular weight is 399 g/mol. The molecule has 0 aliphatic carbocycles. The number of aryl methyl sites for hydroxylation is 1. The molecule has 0 aliphatic heterocycles. The van der Waals surface area contributed by atoms with Crippen LogP contribution in [0.1, 0.15) is 13.3 Å². The number of fused-ring (bicyclic) bond motifs is 1. The smallest absolute Gasteiger partial charge is 0.329 e. The number of anilines is 1. The molecule has 1 N–H and O–H groups in total. The van der Waals surface area contributed by atoms with E-state index in [1.165, 1.54) is 25.9 Å². The predicted molar refractivity (Wildman–Crippen MR) is 111 cm³/mol. The molecule has 8 heteroatoms. The molecule has 0 radical (unpaired) electrons. The zero-order valence-electron chi connectivity index (χ0n) is 17.0.